The Labute approximate surface area is 179 Å². The van der Waals surface area contributed by atoms with E-state index in [0.717, 1.165) is 6.07 Å². The Balaban J connectivity index is 1.82. The van der Waals surface area contributed by atoms with Crippen molar-refractivity contribution in [3.8, 4) is 22.6 Å². The highest BCUT2D eigenvalue weighted by molar-refractivity contribution is 5.92. The number of hydrogen-bond donors (Lipinski definition) is 0. The Bertz CT molecular complexity index is 1340. The molecule has 162 valence electrons. The van der Waals surface area contributed by atoms with E-state index in [0.29, 0.717) is 5.75 Å². The van der Waals surface area contributed by atoms with E-state index in [2.05, 4.69) is 0 Å². The van der Waals surface area contributed by atoms with Crippen LogP contribution in [0.15, 0.2) is 82.0 Å². The third-order valence-corrected chi connectivity index (χ3v) is 4.72. The summed E-state index contributed by atoms with van der Waals surface area (Å²) in [5, 5.41) is -0.0803. The zero-order valence-corrected chi connectivity index (χ0v) is 16.6. The number of rotatable bonds is 4. The minimum Gasteiger partial charge on any atom is -0.497 e. The van der Waals surface area contributed by atoms with Gasteiger partial charge in [-0.25, -0.2) is 4.79 Å². The molecule has 5 nitrogen and oxygen atoms in total. The highest BCUT2D eigenvalue weighted by Crippen LogP contribution is 2.38. The zero-order valence-electron chi connectivity index (χ0n) is 16.6. The third-order valence-electron chi connectivity index (χ3n) is 4.72. The molecule has 0 aliphatic rings. The number of halogens is 3. The van der Waals surface area contributed by atoms with Crippen molar-refractivity contribution in [3.05, 3.63) is 94.3 Å². The van der Waals surface area contributed by atoms with Gasteiger partial charge in [-0.1, -0.05) is 30.3 Å². The summed E-state index contributed by atoms with van der Waals surface area (Å²) in [6, 6.07) is 17.4. The second kappa shape index (κ2) is 8.22. The highest BCUT2D eigenvalue weighted by atomic mass is 19.4. The molecular formula is C24H15F3O5. The zero-order chi connectivity index (χ0) is 22.9. The van der Waals surface area contributed by atoms with Crippen molar-refractivity contribution < 1.29 is 31.9 Å². The molecule has 32 heavy (non-hydrogen) atoms. The number of hydrogen-bond acceptors (Lipinski definition) is 5. The van der Waals surface area contributed by atoms with Crippen molar-refractivity contribution in [2.45, 2.75) is 6.18 Å². The molecule has 0 radical (unpaired) electrons. The minimum atomic E-state index is -4.93. The first-order valence-electron chi connectivity index (χ1n) is 9.37. The van der Waals surface area contributed by atoms with Crippen LogP contribution in [-0.4, -0.2) is 13.1 Å². The summed E-state index contributed by atoms with van der Waals surface area (Å²) in [7, 11) is 1.42. The molecule has 1 heterocycles. The molecule has 0 bridgehead atoms. The number of carbonyl (C=O) groups is 1. The Morgan fingerprint density at radius 2 is 1.56 bits per heavy atom. The van der Waals surface area contributed by atoms with Crippen molar-refractivity contribution in [2.75, 3.05) is 7.11 Å². The largest absolute Gasteiger partial charge is 0.497 e. The molecule has 0 atom stereocenters. The van der Waals surface area contributed by atoms with Crippen LogP contribution in [0.1, 0.15) is 16.1 Å². The lowest BCUT2D eigenvalue weighted by Crippen LogP contribution is -2.16. The fraction of sp³-hybridized carbons (Fsp3) is 0.0833. The van der Waals surface area contributed by atoms with Crippen LogP contribution in [0.25, 0.3) is 22.1 Å². The van der Waals surface area contributed by atoms with E-state index in [4.69, 9.17) is 13.9 Å². The van der Waals surface area contributed by atoms with Crippen LogP contribution in [0, 0.1) is 0 Å². The molecule has 0 fully saturated rings. The van der Waals surface area contributed by atoms with Crippen LogP contribution in [0.4, 0.5) is 13.2 Å². The van der Waals surface area contributed by atoms with Gasteiger partial charge in [-0.05, 0) is 42.0 Å². The maximum absolute atomic E-state index is 13.8. The van der Waals surface area contributed by atoms with Crippen molar-refractivity contribution in [1.29, 1.82) is 0 Å². The van der Waals surface area contributed by atoms with Crippen molar-refractivity contribution in [1.82, 2.24) is 0 Å². The van der Waals surface area contributed by atoms with Crippen LogP contribution >= 0.6 is 0 Å². The van der Waals surface area contributed by atoms with E-state index >= 15 is 0 Å². The van der Waals surface area contributed by atoms with Crippen LogP contribution < -0.4 is 14.9 Å². The number of carbonyl (C=O) groups excluding carboxylic acids is 1. The third kappa shape index (κ3) is 4.07. The van der Waals surface area contributed by atoms with Gasteiger partial charge in [0.2, 0.25) is 11.2 Å². The quantitative estimate of drug-likeness (QED) is 0.301. The molecule has 0 saturated heterocycles. The van der Waals surface area contributed by atoms with Gasteiger partial charge in [-0.15, -0.1) is 0 Å². The summed E-state index contributed by atoms with van der Waals surface area (Å²) in [5.74, 6) is -1.76. The molecule has 0 amide bonds. The number of fused-ring (bicyclic) bond motifs is 1. The molecule has 0 saturated carbocycles. The summed E-state index contributed by atoms with van der Waals surface area (Å²) in [6.45, 7) is 0. The molecule has 0 spiro atoms. The average Bonchev–Trinajstić information content (AvgIpc) is 2.79. The molecule has 0 N–H and O–H groups in total. The van der Waals surface area contributed by atoms with Crippen LogP contribution in [0.5, 0.6) is 11.5 Å². The summed E-state index contributed by atoms with van der Waals surface area (Å²) in [6.07, 6.45) is -4.93. The maximum Gasteiger partial charge on any atom is 0.450 e. The Hall–Kier alpha value is -4.07. The first-order valence-corrected chi connectivity index (χ1v) is 9.37. The summed E-state index contributed by atoms with van der Waals surface area (Å²) in [5.41, 5.74) is -1.52. The molecule has 0 unspecified atom stereocenters. The molecule has 1 aromatic heterocycles. The Morgan fingerprint density at radius 1 is 0.906 bits per heavy atom. The summed E-state index contributed by atoms with van der Waals surface area (Å²) < 4.78 is 56.7. The Kier molecular flexibility index (Phi) is 5.44. The predicted octanol–water partition coefficient (Wildman–Crippen LogP) is 5.71. The number of alkyl halides is 3. The van der Waals surface area contributed by atoms with Gasteiger partial charge in [-0.3, -0.25) is 4.79 Å². The van der Waals surface area contributed by atoms with Crippen LogP contribution in [0.2, 0.25) is 0 Å². The fourth-order valence-electron chi connectivity index (χ4n) is 3.20. The summed E-state index contributed by atoms with van der Waals surface area (Å²) in [4.78, 5) is 25.2. The molecule has 3 aromatic carbocycles. The van der Waals surface area contributed by atoms with Crippen molar-refractivity contribution in [3.63, 3.8) is 0 Å². The topological polar surface area (TPSA) is 65.7 Å². The Morgan fingerprint density at radius 3 is 2.19 bits per heavy atom. The number of benzene rings is 3. The molecule has 8 heteroatoms. The fourth-order valence-corrected chi connectivity index (χ4v) is 3.20. The summed E-state index contributed by atoms with van der Waals surface area (Å²) >= 11 is 0. The molecule has 4 aromatic rings. The average molecular weight is 440 g/mol. The number of ether oxygens (including phenoxy) is 2. The van der Waals surface area contributed by atoms with E-state index in [9.17, 15) is 22.8 Å². The minimum absolute atomic E-state index is 0.0355. The molecule has 4 rings (SSSR count). The maximum atomic E-state index is 13.8. The van der Waals surface area contributed by atoms with Gasteiger partial charge < -0.3 is 13.9 Å². The second-order valence-electron chi connectivity index (χ2n) is 6.78. The lowest BCUT2D eigenvalue weighted by Gasteiger charge is -2.13. The SMILES string of the molecule is COc1ccc(-c2c(C(F)(F)F)oc3cc(OC(=O)c4ccccc4)ccc3c2=O)cc1. The molecular weight excluding hydrogens is 425 g/mol. The van der Waals surface area contributed by atoms with E-state index < -0.39 is 28.9 Å². The van der Waals surface area contributed by atoms with Crippen molar-refractivity contribution in [2.24, 2.45) is 0 Å². The monoisotopic (exact) mass is 440 g/mol. The van der Waals surface area contributed by atoms with Gasteiger partial charge in [0.05, 0.1) is 23.6 Å². The van der Waals surface area contributed by atoms with Gasteiger partial charge in [0.15, 0.2) is 0 Å². The first-order chi connectivity index (χ1) is 15.3. The first kappa shape index (κ1) is 21.2. The number of esters is 1. The molecule has 0 aliphatic heterocycles. The second-order valence-corrected chi connectivity index (χ2v) is 6.78. The van der Waals surface area contributed by atoms with E-state index in [-0.39, 0.29) is 27.8 Å². The number of methoxy groups -OCH3 is 1. The van der Waals surface area contributed by atoms with Gasteiger partial charge >= 0.3 is 12.1 Å². The smallest absolute Gasteiger partial charge is 0.450 e. The normalized spacial score (nSPS) is 11.4. The van der Waals surface area contributed by atoms with Crippen molar-refractivity contribution >= 4 is 16.9 Å². The van der Waals surface area contributed by atoms with Crippen LogP contribution in [0.3, 0.4) is 0 Å². The highest BCUT2D eigenvalue weighted by Gasteiger charge is 2.39. The van der Waals surface area contributed by atoms with Crippen LogP contribution in [-0.2, 0) is 6.18 Å². The standard InChI is InChI=1S/C24H15F3O5/c1-30-16-9-7-14(8-10-16)20-21(28)18-12-11-17(13-19(18)32-22(20)24(25,26)27)31-23(29)15-5-3-2-4-6-15/h2-13H,1H3. The lowest BCUT2D eigenvalue weighted by atomic mass is 10.0. The van der Waals surface area contributed by atoms with Gasteiger partial charge in [0, 0.05) is 6.07 Å². The van der Waals surface area contributed by atoms with E-state index in [1.54, 1.807) is 18.2 Å². The van der Waals surface area contributed by atoms with E-state index in [1.807, 2.05) is 0 Å². The predicted molar refractivity (Wildman–Crippen MR) is 111 cm³/mol. The van der Waals surface area contributed by atoms with Gasteiger partial charge in [0.25, 0.3) is 0 Å². The van der Waals surface area contributed by atoms with Gasteiger partial charge in [-0.2, -0.15) is 13.2 Å². The molecule has 0 aliphatic carbocycles. The van der Waals surface area contributed by atoms with E-state index in [1.165, 1.54) is 55.6 Å². The van der Waals surface area contributed by atoms with Gasteiger partial charge in [0.1, 0.15) is 17.1 Å². The lowest BCUT2D eigenvalue weighted by molar-refractivity contribution is -0.152.